The number of anilines is 1. The standard InChI is InChI=1S/C22H29N5O/c1-18-7-9-26(10-8-18)21(28)20-15-23-22(24-16-20)27-13-11-25(12-14-27)17-19-5-3-2-4-6-19/h2-6,15-16,18H,7-14,17H2,1H3. The van der Waals surface area contributed by atoms with Crippen LogP contribution in [0.4, 0.5) is 5.95 Å². The third kappa shape index (κ3) is 4.50. The topological polar surface area (TPSA) is 52.6 Å². The molecule has 1 aromatic carbocycles. The van der Waals surface area contributed by atoms with E-state index in [2.05, 4.69) is 57.0 Å². The molecule has 0 bridgehead atoms. The molecule has 148 valence electrons. The molecular weight excluding hydrogens is 350 g/mol. The SMILES string of the molecule is CC1CCN(C(=O)c2cnc(N3CCN(Cc4ccccc4)CC3)nc2)CC1. The molecule has 1 amide bonds. The second-order valence-corrected chi connectivity index (χ2v) is 8.00. The van der Waals surface area contributed by atoms with Gasteiger partial charge < -0.3 is 9.80 Å². The van der Waals surface area contributed by atoms with E-state index in [1.807, 2.05) is 4.90 Å². The number of benzene rings is 1. The minimum Gasteiger partial charge on any atom is -0.339 e. The largest absolute Gasteiger partial charge is 0.339 e. The van der Waals surface area contributed by atoms with Gasteiger partial charge in [-0.1, -0.05) is 37.3 Å². The van der Waals surface area contributed by atoms with Crippen molar-refractivity contribution in [3.05, 3.63) is 53.9 Å². The smallest absolute Gasteiger partial charge is 0.256 e. The van der Waals surface area contributed by atoms with Gasteiger partial charge in [-0.05, 0) is 24.3 Å². The molecule has 1 aromatic heterocycles. The van der Waals surface area contributed by atoms with Crippen LogP contribution in [0, 0.1) is 5.92 Å². The predicted octanol–water partition coefficient (Wildman–Crippen LogP) is 2.67. The zero-order valence-electron chi connectivity index (χ0n) is 16.6. The maximum absolute atomic E-state index is 12.6. The van der Waals surface area contributed by atoms with Crippen LogP contribution >= 0.6 is 0 Å². The van der Waals surface area contributed by atoms with Gasteiger partial charge in [0.25, 0.3) is 5.91 Å². The van der Waals surface area contributed by atoms with E-state index in [4.69, 9.17) is 0 Å². The van der Waals surface area contributed by atoms with Gasteiger partial charge in [0.05, 0.1) is 5.56 Å². The summed E-state index contributed by atoms with van der Waals surface area (Å²) in [5.41, 5.74) is 1.95. The molecule has 3 heterocycles. The Morgan fingerprint density at radius 2 is 1.61 bits per heavy atom. The first-order chi connectivity index (χ1) is 13.7. The van der Waals surface area contributed by atoms with E-state index in [9.17, 15) is 4.79 Å². The number of aromatic nitrogens is 2. The lowest BCUT2D eigenvalue weighted by Gasteiger charge is -2.34. The lowest BCUT2D eigenvalue weighted by atomic mass is 9.99. The number of piperazine rings is 1. The number of hydrogen-bond acceptors (Lipinski definition) is 5. The maximum atomic E-state index is 12.6. The van der Waals surface area contributed by atoms with E-state index in [-0.39, 0.29) is 5.91 Å². The average molecular weight is 380 g/mol. The Hall–Kier alpha value is -2.47. The summed E-state index contributed by atoms with van der Waals surface area (Å²) in [5.74, 6) is 1.50. The van der Waals surface area contributed by atoms with Gasteiger partial charge in [0.1, 0.15) is 0 Å². The molecule has 2 fully saturated rings. The van der Waals surface area contributed by atoms with E-state index in [0.717, 1.165) is 64.6 Å². The van der Waals surface area contributed by atoms with Crippen molar-refractivity contribution in [3.63, 3.8) is 0 Å². The van der Waals surface area contributed by atoms with Crippen molar-refractivity contribution < 1.29 is 4.79 Å². The van der Waals surface area contributed by atoms with Crippen LogP contribution in [-0.4, -0.2) is 64.9 Å². The molecule has 0 atom stereocenters. The quantitative estimate of drug-likeness (QED) is 0.818. The second-order valence-electron chi connectivity index (χ2n) is 8.00. The molecule has 0 spiro atoms. The number of carbonyl (C=O) groups is 1. The highest BCUT2D eigenvalue weighted by Gasteiger charge is 2.23. The Kier molecular flexibility index (Phi) is 5.86. The molecule has 0 unspecified atom stereocenters. The van der Waals surface area contributed by atoms with Crippen LogP contribution in [0.25, 0.3) is 0 Å². The summed E-state index contributed by atoms with van der Waals surface area (Å²) in [6.07, 6.45) is 5.55. The summed E-state index contributed by atoms with van der Waals surface area (Å²) in [6.45, 7) is 8.71. The third-order valence-corrected chi connectivity index (χ3v) is 5.86. The van der Waals surface area contributed by atoms with Crippen LogP contribution in [-0.2, 0) is 6.54 Å². The van der Waals surface area contributed by atoms with E-state index < -0.39 is 0 Å². The van der Waals surface area contributed by atoms with Crippen LogP contribution in [0.3, 0.4) is 0 Å². The number of amides is 1. The highest BCUT2D eigenvalue weighted by Crippen LogP contribution is 2.19. The van der Waals surface area contributed by atoms with Crippen LogP contribution in [0.15, 0.2) is 42.7 Å². The number of rotatable bonds is 4. The lowest BCUT2D eigenvalue weighted by Crippen LogP contribution is -2.46. The molecule has 2 aliphatic heterocycles. The fraction of sp³-hybridized carbons (Fsp3) is 0.500. The van der Waals surface area contributed by atoms with Gasteiger partial charge in [-0.25, -0.2) is 9.97 Å². The van der Waals surface area contributed by atoms with Crippen molar-refractivity contribution in [1.29, 1.82) is 0 Å². The molecule has 6 nitrogen and oxygen atoms in total. The van der Waals surface area contributed by atoms with Crippen molar-refractivity contribution in [2.75, 3.05) is 44.2 Å². The Morgan fingerprint density at radius 1 is 0.964 bits per heavy atom. The third-order valence-electron chi connectivity index (χ3n) is 5.86. The van der Waals surface area contributed by atoms with Gasteiger partial charge in [-0.3, -0.25) is 9.69 Å². The lowest BCUT2D eigenvalue weighted by molar-refractivity contribution is 0.0696. The number of likely N-dealkylation sites (tertiary alicyclic amines) is 1. The summed E-state index contributed by atoms with van der Waals surface area (Å²) in [4.78, 5) is 28.2. The Labute approximate surface area is 167 Å². The van der Waals surface area contributed by atoms with Gasteiger partial charge in [-0.2, -0.15) is 0 Å². The van der Waals surface area contributed by atoms with Gasteiger partial charge in [-0.15, -0.1) is 0 Å². The molecule has 2 aromatic rings. The van der Waals surface area contributed by atoms with Crippen molar-refractivity contribution in [1.82, 2.24) is 19.8 Å². The second kappa shape index (κ2) is 8.69. The summed E-state index contributed by atoms with van der Waals surface area (Å²) in [7, 11) is 0. The summed E-state index contributed by atoms with van der Waals surface area (Å²) in [6, 6.07) is 10.6. The fourth-order valence-corrected chi connectivity index (χ4v) is 3.94. The summed E-state index contributed by atoms with van der Waals surface area (Å²) >= 11 is 0. The highest BCUT2D eigenvalue weighted by molar-refractivity contribution is 5.93. The van der Waals surface area contributed by atoms with E-state index in [1.54, 1.807) is 12.4 Å². The number of piperidine rings is 1. The molecule has 4 rings (SSSR count). The van der Waals surface area contributed by atoms with Gasteiger partial charge >= 0.3 is 0 Å². The molecule has 2 aliphatic rings. The Bertz CT molecular complexity index is 763. The van der Waals surface area contributed by atoms with E-state index >= 15 is 0 Å². The van der Waals surface area contributed by atoms with Crippen molar-refractivity contribution in [2.24, 2.45) is 5.92 Å². The fourth-order valence-electron chi connectivity index (χ4n) is 3.94. The Balaban J connectivity index is 1.30. The van der Waals surface area contributed by atoms with Crippen molar-refractivity contribution in [3.8, 4) is 0 Å². The number of carbonyl (C=O) groups excluding carboxylic acids is 1. The number of hydrogen-bond donors (Lipinski definition) is 0. The van der Waals surface area contributed by atoms with Crippen LogP contribution in [0.2, 0.25) is 0 Å². The van der Waals surface area contributed by atoms with Crippen LogP contribution < -0.4 is 4.90 Å². The molecular formula is C22H29N5O. The minimum absolute atomic E-state index is 0.0612. The maximum Gasteiger partial charge on any atom is 0.256 e. The monoisotopic (exact) mass is 379 g/mol. The predicted molar refractivity (Wildman–Crippen MR) is 110 cm³/mol. The zero-order chi connectivity index (χ0) is 19.3. The summed E-state index contributed by atoms with van der Waals surface area (Å²) < 4.78 is 0. The van der Waals surface area contributed by atoms with Gasteiger partial charge in [0, 0.05) is 58.2 Å². The molecule has 0 N–H and O–H groups in total. The molecule has 2 saturated heterocycles. The normalized spacial score (nSPS) is 19.0. The number of nitrogens with zero attached hydrogens (tertiary/aromatic N) is 5. The molecule has 0 saturated carbocycles. The molecule has 0 aliphatic carbocycles. The van der Waals surface area contributed by atoms with Crippen molar-refractivity contribution in [2.45, 2.75) is 26.3 Å². The first kappa shape index (κ1) is 18.9. The zero-order valence-corrected chi connectivity index (χ0v) is 16.6. The molecule has 28 heavy (non-hydrogen) atoms. The van der Waals surface area contributed by atoms with Crippen LogP contribution in [0.5, 0.6) is 0 Å². The first-order valence-corrected chi connectivity index (χ1v) is 10.3. The first-order valence-electron chi connectivity index (χ1n) is 10.3. The highest BCUT2D eigenvalue weighted by atomic mass is 16.2. The molecule has 6 heteroatoms. The minimum atomic E-state index is 0.0612. The molecule has 0 radical (unpaired) electrons. The van der Waals surface area contributed by atoms with Crippen molar-refractivity contribution >= 4 is 11.9 Å². The Morgan fingerprint density at radius 3 is 2.25 bits per heavy atom. The van der Waals surface area contributed by atoms with E-state index in [1.165, 1.54) is 5.56 Å². The summed E-state index contributed by atoms with van der Waals surface area (Å²) in [5, 5.41) is 0. The van der Waals surface area contributed by atoms with Gasteiger partial charge in [0.15, 0.2) is 0 Å². The van der Waals surface area contributed by atoms with Crippen LogP contribution in [0.1, 0.15) is 35.7 Å². The average Bonchev–Trinajstić information content (AvgIpc) is 2.75. The van der Waals surface area contributed by atoms with Gasteiger partial charge in [0.2, 0.25) is 5.95 Å². The van der Waals surface area contributed by atoms with E-state index in [0.29, 0.717) is 11.5 Å².